The Kier molecular flexibility index (Phi) is 4.01. The molecule has 0 fully saturated rings. The van der Waals surface area contributed by atoms with E-state index in [0.717, 1.165) is 23.5 Å². The van der Waals surface area contributed by atoms with Crippen molar-refractivity contribution in [3.8, 4) is 5.75 Å². The average Bonchev–Trinajstić information content (AvgIpc) is 2.74. The summed E-state index contributed by atoms with van der Waals surface area (Å²) < 4.78 is 66.1. The molecule has 0 saturated heterocycles. The van der Waals surface area contributed by atoms with Gasteiger partial charge >= 0.3 is 6.36 Å². The molecule has 21 heavy (non-hydrogen) atoms. The normalized spacial score (nSPS) is 12.1. The summed E-state index contributed by atoms with van der Waals surface area (Å²) in [5, 5.41) is 1.44. The zero-order valence-electron chi connectivity index (χ0n) is 10.2. The van der Waals surface area contributed by atoms with Crippen LogP contribution in [0.15, 0.2) is 39.9 Å². The molecule has 0 unspecified atom stereocenters. The number of thiophene rings is 1. The molecule has 2 aromatic rings. The minimum Gasteiger partial charge on any atom is -0.406 e. The summed E-state index contributed by atoms with van der Waals surface area (Å²) in [6, 6.07) is 5.79. The maximum atomic E-state index is 12.1. The van der Waals surface area contributed by atoms with Gasteiger partial charge in [-0.2, -0.15) is 0 Å². The molecule has 0 atom stereocenters. The number of benzene rings is 1. The van der Waals surface area contributed by atoms with E-state index in [9.17, 15) is 21.6 Å². The van der Waals surface area contributed by atoms with Crippen molar-refractivity contribution in [2.75, 3.05) is 10.5 Å². The van der Waals surface area contributed by atoms with Crippen LogP contribution in [0.2, 0.25) is 0 Å². The van der Waals surface area contributed by atoms with Gasteiger partial charge < -0.3 is 10.5 Å². The number of nitrogens with one attached hydrogen (secondary N) is 1. The van der Waals surface area contributed by atoms with E-state index in [0.29, 0.717) is 0 Å². The van der Waals surface area contributed by atoms with E-state index in [-0.39, 0.29) is 15.6 Å². The first-order valence-electron chi connectivity index (χ1n) is 5.38. The molecule has 0 radical (unpaired) electrons. The van der Waals surface area contributed by atoms with Gasteiger partial charge in [0.25, 0.3) is 10.0 Å². The molecule has 2 rings (SSSR count). The van der Waals surface area contributed by atoms with Gasteiger partial charge in [-0.25, -0.2) is 8.42 Å². The van der Waals surface area contributed by atoms with Crippen molar-refractivity contribution in [2.45, 2.75) is 10.6 Å². The van der Waals surface area contributed by atoms with E-state index in [2.05, 4.69) is 9.46 Å². The first-order chi connectivity index (χ1) is 9.66. The van der Waals surface area contributed by atoms with Crippen molar-refractivity contribution in [1.82, 2.24) is 0 Å². The van der Waals surface area contributed by atoms with Gasteiger partial charge in [0.2, 0.25) is 0 Å². The lowest BCUT2D eigenvalue weighted by molar-refractivity contribution is -0.274. The van der Waals surface area contributed by atoms with Crippen molar-refractivity contribution in [2.24, 2.45) is 0 Å². The first kappa shape index (κ1) is 15.4. The molecule has 114 valence electrons. The van der Waals surface area contributed by atoms with Gasteiger partial charge in [-0.05, 0) is 18.2 Å². The quantitative estimate of drug-likeness (QED) is 0.898. The summed E-state index contributed by atoms with van der Waals surface area (Å²) in [6.45, 7) is 0. The molecule has 1 heterocycles. The van der Waals surface area contributed by atoms with Crippen LogP contribution in [-0.4, -0.2) is 14.8 Å². The minimum atomic E-state index is -4.85. The largest absolute Gasteiger partial charge is 0.573 e. The highest BCUT2D eigenvalue weighted by molar-refractivity contribution is 7.94. The fraction of sp³-hybridized carbons (Fsp3) is 0.0909. The maximum absolute atomic E-state index is 12.1. The first-order valence-corrected chi connectivity index (χ1v) is 7.75. The Balaban J connectivity index is 2.22. The van der Waals surface area contributed by atoms with E-state index in [1.807, 2.05) is 0 Å². The van der Waals surface area contributed by atoms with E-state index >= 15 is 0 Å². The second kappa shape index (κ2) is 5.45. The van der Waals surface area contributed by atoms with Crippen molar-refractivity contribution in [1.29, 1.82) is 0 Å². The fourth-order valence-corrected chi connectivity index (χ4v) is 3.56. The summed E-state index contributed by atoms with van der Waals surface area (Å²) in [4.78, 5) is 0. The SMILES string of the molecule is Nc1csc(S(=O)(=O)Nc2cccc(OC(F)(F)F)c2)c1. The van der Waals surface area contributed by atoms with Gasteiger partial charge in [0.05, 0.1) is 5.69 Å². The highest BCUT2D eigenvalue weighted by Gasteiger charge is 2.31. The zero-order valence-corrected chi connectivity index (χ0v) is 11.8. The number of hydrogen-bond acceptors (Lipinski definition) is 5. The van der Waals surface area contributed by atoms with E-state index < -0.39 is 22.1 Å². The molecule has 3 N–H and O–H groups in total. The number of nitrogens with two attached hydrogens (primary N) is 1. The fourth-order valence-electron chi connectivity index (χ4n) is 1.43. The Labute approximate surface area is 122 Å². The Morgan fingerprint density at radius 3 is 2.52 bits per heavy atom. The molecular formula is C11H9F3N2O3S2. The highest BCUT2D eigenvalue weighted by Crippen LogP contribution is 2.28. The third-order valence-electron chi connectivity index (χ3n) is 2.18. The highest BCUT2D eigenvalue weighted by atomic mass is 32.2. The Bertz CT molecular complexity index is 741. The van der Waals surface area contributed by atoms with Crippen LogP contribution in [0.5, 0.6) is 5.75 Å². The molecule has 0 spiro atoms. The number of alkyl halides is 3. The summed E-state index contributed by atoms with van der Waals surface area (Å²) in [7, 11) is -3.90. The van der Waals surface area contributed by atoms with Gasteiger partial charge in [0.15, 0.2) is 0 Å². The summed E-state index contributed by atoms with van der Waals surface area (Å²) in [5.74, 6) is -0.520. The van der Waals surface area contributed by atoms with Gasteiger partial charge in [-0.1, -0.05) is 6.07 Å². The lowest BCUT2D eigenvalue weighted by Crippen LogP contribution is -2.17. The lowest BCUT2D eigenvalue weighted by Gasteiger charge is -2.11. The zero-order chi connectivity index (χ0) is 15.7. The van der Waals surface area contributed by atoms with Crippen LogP contribution >= 0.6 is 11.3 Å². The standard InChI is InChI=1S/C11H9F3N2O3S2/c12-11(13,14)19-9-3-1-2-8(5-9)16-21(17,18)10-4-7(15)6-20-10/h1-6,16H,15H2. The smallest absolute Gasteiger partial charge is 0.406 e. The van der Waals surface area contributed by atoms with E-state index in [4.69, 9.17) is 5.73 Å². The summed E-state index contributed by atoms with van der Waals surface area (Å²) in [6.07, 6.45) is -4.85. The second-order valence-electron chi connectivity index (χ2n) is 3.88. The Hall–Kier alpha value is -1.94. The number of sulfonamides is 1. The number of nitrogen functional groups attached to an aromatic ring is 1. The molecule has 1 aromatic carbocycles. The minimum absolute atomic E-state index is 0.0397. The Morgan fingerprint density at radius 1 is 1.24 bits per heavy atom. The molecule has 0 aliphatic heterocycles. The van der Waals surface area contributed by atoms with Crippen molar-refractivity contribution >= 4 is 32.7 Å². The number of hydrogen-bond donors (Lipinski definition) is 2. The summed E-state index contributed by atoms with van der Waals surface area (Å²) >= 11 is 0.903. The van der Waals surface area contributed by atoms with Gasteiger partial charge in [0.1, 0.15) is 9.96 Å². The van der Waals surface area contributed by atoms with Crippen LogP contribution in [0.1, 0.15) is 0 Å². The molecule has 1 aromatic heterocycles. The maximum Gasteiger partial charge on any atom is 0.573 e. The molecule has 5 nitrogen and oxygen atoms in total. The van der Waals surface area contributed by atoms with Gasteiger partial charge in [0, 0.05) is 17.1 Å². The summed E-state index contributed by atoms with van der Waals surface area (Å²) in [5.41, 5.74) is 5.67. The van der Waals surface area contributed by atoms with Crippen LogP contribution < -0.4 is 15.2 Å². The third-order valence-corrected chi connectivity index (χ3v) is 5.02. The molecule has 0 bridgehead atoms. The van der Waals surface area contributed by atoms with Crippen LogP contribution in [0.4, 0.5) is 24.5 Å². The van der Waals surface area contributed by atoms with Crippen LogP contribution in [-0.2, 0) is 10.0 Å². The van der Waals surface area contributed by atoms with Crippen LogP contribution in [0.25, 0.3) is 0 Å². The van der Waals surface area contributed by atoms with E-state index in [1.165, 1.54) is 23.6 Å². The predicted molar refractivity (Wildman–Crippen MR) is 72.7 cm³/mol. The Morgan fingerprint density at radius 2 is 1.95 bits per heavy atom. The third kappa shape index (κ3) is 4.26. The average molecular weight is 338 g/mol. The molecule has 0 saturated carbocycles. The molecule has 0 amide bonds. The number of anilines is 2. The second-order valence-corrected chi connectivity index (χ2v) is 6.70. The van der Waals surface area contributed by atoms with Crippen molar-refractivity contribution in [3.05, 3.63) is 35.7 Å². The van der Waals surface area contributed by atoms with E-state index in [1.54, 1.807) is 0 Å². The monoisotopic (exact) mass is 338 g/mol. The molecule has 0 aliphatic rings. The van der Waals surface area contributed by atoms with Gasteiger partial charge in [-0.3, -0.25) is 4.72 Å². The van der Waals surface area contributed by atoms with Gasteiger partial charge in [-0.15, -0.1) is 24.5 Å². The number of rotatable bonds is 4. The topological polar surface area (TPSA) is 81.4 Å². The van der Waals surface area contributed by atoms with Crippen LogP contribution in [0.3, 0.4) is 0 Å². The van der Waals surface area contributed by atoms with Crippen LogP contribution in [0, 0.1) is 0 Å². The van der Waals surface area contributed by atoms with Crippen molar-refractivity contribution in [3.63, 3.8) is 0 Å². The molecular weight excluding hydrogens is 329 g/mol. The molecule has 0 aliphatic carbocycles. The number of ether oxygens (including phenoxy) is 1. The number of halogens is 3. The predicted octanol–water partition coefficient (Wildman–Crippen LogP) is 3.03. The van der Waals surface area contributed by atoms with Crippen molar-refractivity contribution < 1.29 is 26.3 Å². The lowest BCUT2D eigenvalue weighted by atomic mass is 10.3. The molecule has 10 heteroatoms.